The minimum Gasteiger partial charge on any atom is -0.493 e. The Morgan fingerprint density at radius 3 is 2.27 bits per heavy atom. The quantitative estimate of drug-likeness (QED) is 0.549. The summed E-state index contributed by atoms with van der Waals surface area (Å²) in [6.45, 7) is 9.86. The number of piperazine rings is 1. The maximum absolute atomic E-state index is 12.8. The molecule has 1 aliphatic heterocycles. The molecule has 1 amide bonds. The fourth-order valence-corrected chi connectivity index (χ4v) is 4.03. The van der Waals surface area contributed by atoms with Crippen molar-refractivity contribution in [2.45, 2.75) is 20.4 Å². The summed E-state index contributed by atoms with van der Waals surface area (Å²) in [6.07, 6.45) is 0. The lowest BCUT2D eigenvalue weighted by atomic mass is 10.1. The Balaban J connectivity index is 1.42. The zero-order chi connectivity index (χ0) is 23.8. The van der Waals surface area contributed by atoms with Crippen LogP contribution >= 0.6 is 0 Å². The highest BCUT2D eigenvalue weighted by Crippen LogP contribution is 2.31. The Kier molecular flexibility index (Phi) is 8.97. The first-order valence-corrected chi connectivity index (χ1v) is 11.5. The molecule has 0 unspecified atom stereocenters. The topological polar surface area (TPSA) is 54.5 Å². The second kappa shape index (κ2) is 11.9. The molecule has 0 aromatic heterocycles. The molecule has 2 aromatic rings. The second-order valence-electron chi connectivity index (χ2n) is 8.64. The lowest BCUT2D eigenvalue weighted by Gasteiger charge is -2.35. The van der Waals surface area contributed by atoms with Crippen LogP contribution in [0.1, 0.15) is 16.7 Å². The minimum atomic E-state index is 0.176. The smallest absolute Gasteiger partial charge is 0.236 e. The summed E-state index contributed by atoms with van der Waals surface area (Å²) in [7, 11) is 5.28. The molecule has 1 heterocycles. The van der Waals surface area contributed by atoms with Crippen LogP contribution in [-0.2, 0) is 11.3 Å². The van der Waals surface area contributed by atoms with E-state index >= 15 is 0 Å². The van der Waals surface area contributed by atoms with E-state index in [0.29, 0.717) is 19.7 Å². The molecule has 0 saturated carbocycles. The lowest BCUT2D eigenvalue weighted by molar-refractivity contribution is -0.134. The molecule has 1 saturated heterocycles. The molecule has 180 valence electrons. The normalized spacial score (nSPS) is 14.4. The zero-order valence-electron chi connectivity index (χ0n) is 20.6. The maximum atomic E-state index is 12.8. The summed E-state index contributed by atoms with van der Waals surface area (Å²) in [5.74, 6) is 2.58. The van der Waals surface area contributed by atoms with E-state index in [0.717, 1.165) is 55.5 Å². The van der Waals surface area contributed by atoms with Crippen molar-refractivity contribution in [2.75, 3.05) is 67.1 Å². The summed E-state index contributed by atoms with van der Waals surface area (Å²) in [4.78, 5) is 19.1. The number of carbonyl (C=O) groups excluding carboxylic acids is 1. The van der Waals surface area contributed by atoms with Gasteiger partial charge >= 0.3 is 0 Å². The SMILES string of the molecule is COc1cc(C)c(CN2CCN(C(=O)CN(C)CCOc3ccccc3C)CC2)cc1OC. The van der Waals surface area contributed by atoms with E-state index in [4.69, 9.17) is 14.2 Å². The maximum Gasteiger partial charge on any atom is 0.236 e. The summed E-state index contributed by atoms with van der Waals surface area (Å²) < 4.78 is 16.7. The molecule has 0 atom stereocenters. The first-order chi connectivity index (χ1) is 15.9. The average molecular weight is 456 g/mol. The fraction of sp³-hybridized carbons (Fsp3) is 0.500. The van der Waals surface area contributed by atoms with E-state index in [9.17, 15) is 4.79 Å². The Labute approximate surface area is 197 Å². The number of hydrogen-bond acceptors (Lipinski definition) is 6. The minimum absolute atomic E-state index is 0.176. The van der Waals surface area contributed by atoms with E-state index in [2.05, 4.69) is 17.9 Å². The van der Waals surface area contributed by atoms with Crippen molar-refractivity contribution in [3.63, 3.8) is 0 Å². The van der Waals surface area contributed by atoms with Crippen molar-refractivity contribution in [1.82, 2.24) is 14.7 Å². The van der Waals surface area contributed by atoms with Crippen molar-refractivity contribution in [3.8, 4) is 17.2 Å². The van der Waals surface area contributed by atoms with Crippen LogP contribution in [0.15, 0.2) is 36.4 Å². The van der Waals surface area contributed by atoms with Gasteiger partial charge in [0.05, 0.1) is 20.8 Å². The molecule has 0 aliphatic carbocycles. The molecule has 1 aliphatic rings. The van der Waals surface area contributed by atoms with Gasteiger partial charge in [0.2, 0.25) is 5.91 Å². The van der Waals surface area contributed by atoms with Crippen molar-refractivity contribution in [3.05, 3.63) is 53.1 Å². The van der Waals surface area contributed by atoms with Crippen LogP contribution in [0.2, 0.25) is 0 Å². The third kappa shape index (κ3) is 6.85. The molecular weight excluding hydrogens is 418 g/mol. The molecule has 33 heavy (non-hydrogen) atoms. The van der Waals surface area contributed by atoms with Gasteiger partial charge in [-0.15, -0.1) is 0 Å². The summed E-state index contributed by atoms with van der Waals surface area (Å²) >= 11 is 0. The number of likely N-dealkylation sites (N-methyl/N-ethyl adjacent to an activating group) is 1. The number of carbonyl (C=O) groups is 1. The molecule has 0 N–H and O–H groups in total. The Morgan fingerprint density at radius 1 is 0.939 bits per heavy atom. The molecule has 0 radical (unpaired) electrons. The number of amides is 1. The summed E-state index contributed by atoms with van der Waals surface area (Å²) in [5, 5.41) is 0. The monoisotopic (exact) mass is 455 g/mol. The first-order valence-electron chi connectivity index (χ1n) is 11.5. The van der Waals surface area contributed by atoms with Crippen LogP contribution in [-0.4, -0.2) is 87.7 Å². The van der Waals surface area contributed by atoms with Gasteiger partial charge in [-0.1, -0.05) is 18.2 Å². The van der Waals surface area contributed by atoms with E-state index in [-0.39, 0.29) is 5.91 Å². The summed E-state index contributed by atoms with van der Waals surface area (Å²) in [5.41, 5.74) is 3.53. The fourth-order valence-electron chi connectivity index (χ4n) is 4.03. The van der Waals surface area contributed by atoms with Gasteiger partial charge in [0, 0.05) is 39.3 Å². The van der Waals surface area contributed by atoms with Gasteiger partial charge in [-0.2, -0.15) is 0 Å². The number of methoxy groups -OCH3 is 2. The van der Waals surface area contributed by atoms with Gasteiger partial charge in [0.25, 0.3) is 0 Å². The number of aryl methyl sites for hydroxylation is 2. The van der Waals surface area contributed by atoms with Gasteiger partial charge in [-0.3, -0.25) is 14.6 Å². The Morgan fingerprint density at radius 2 is 1.61 bits per heavy atom. The number of nitrogens with zero attached hydrogens (tertiary/aromatic N) is 3. The number of rotatable bonds is 10. The van der Waals surface area contributed by atoms with E-state index in [1.807, 2.05) is 54.1 Å². The molecule has 3 rings (SSSR count). The van der Waals surface area contributed by atoms with Gasteiger partial charge in [0.1, 0.15) is 12.4 Å². The van der Waals surface area contributed by atoms with Gasteiger partial charge < -0.3 is 19.1 Å². The standard InChI is InChI=1S/C26H37N3O4/c1-20-8-6-7-9-23(20)33-15-14-27(3)19-26(30)29-12-10-28(11-13-29)18-22-17-25(32-5)24(31-4)16-21(22)2/h6-9,16-17H,10-15,18-19H2,1-5H3. The second-order valence-corrected chi connectivity index (χ2v) is 8.64. The Hall–Kier alpha value is -2.77. The van der Waals surface area contributed by atoms with Gasteiger partial charge in [-0.25, -0.2) is 0 Å². The average Bonchev–Trinajstić information content (AvgIpc) is 2.81. The first kappa shape index (κ1) is 24.9. The van der Waals surface area contributed by atoms with Crippen LogP contribution in [0.4, 0.5) is 0 Å². The number of benzene rings is 2. The predicted molar refractivity (Wildman–Crippen MR) is 130 cm³/mol. The van der Waals surface area contributed by atoms with Gasteiger partial charge in [0.15, 0.2) is 11.5 Å². The molecule has 7 heteroatoms. The third-order valence-corrected chi connectivity index (χ3v) is 6.19. The molecular formula is C26H37N3O4. The number of hydrogen-bond donors (Lipinski definition) is 0. The predicted octanol–water partition coefficient (Wildman–Crippen LogP) is 2.98. The molecule has 0 bridgehead atoms. The summed E-state index contributed by atoms with van der Waals surface area (Å²) in [6, 6.07) is 12.1. The van der Waals surface area contributed by atoms with Gasteiger partial charge in [-0.05, 0) is 55.8 Å². The van der Waals surface area contributed by atoms with Crippen molar-refractivity contribution < 1.29 is 19.0 Å². The molecule has 7 nitrogen and oxygen atoms in total. The number of ether oxygens (including phenoxy) is 3. The van der Waals surface area contributed by atoms with Crippen LogP contribution in [0.3, 0.4) is 0 Å². The highest BCUT2D eigenvalue weighted by Gasteiger charge is 2.22. The third-order valence-electron chi connectivity index (χ3n) is 6.19. The highest BCUT2D eigenvalue weighted by atomic mass is 16.5. The zero-order valence-corrected chi connectivity index (χ0v) is 20.6. The van der Waals surface area contributed by atoms with Crippen molar-refractivity contribution >= 4 is 5.91 Å². The number of para-hydroxylation sites is 1. The van der Waals surface area contributed by atoms with E-state index < -0.39 is 0 Å². The largest absolute Gasteiger partial charge is 0.493 e. The molecule has 2 aromatic carbocycles. The molecule has 1 fully saturated rings. The molecule has 0 spiro atoms. The van der Waals surface area contributed by atoms with Crippen LogP contribution < -0.4 is 14.2 Å². The Bertz CT molecular complexity index is 926. The lowest BCUT2D eigenvalue weighted by Crippen LogP contribution is -2.50. The van der Waals surface area contributed by atoms with Crippen LogP contribution in [0.25, 0.3) is 0 Å². The van der Waals surface area contributed by atoms with Crippen LogP contribution in [0.5, 0.6) is 17.2 Å². The van der Waals surface area contributed by atoms with E-state index in [1.165, 1.54) is 11.1 Å². The van der Waals surface area contributed by atoms with Crippen molar-refractivity contribution in [1.29, 1.82) is 0 Å². The van der Waals surface area contributed by atoms with Crippen molar-refractivity contribution in [2.24, 2.45) is 0 Å². The van der Waals surface area contributed by atoms with Crippen LogP contribution in [0, 0.1) is 13.8 Å². The van der Waals surface area contributed by atoms with E-state index in [1.54, 1.807) is 14.2 Å². The highest BCUT2D eigenvalue weighted by molar-refractivity contribution is 5.78.